The number of aliphatic hydroxyl groups excluding tert-OH is 1. The third kappa shape index (κ3) is 7.91. The monoisotopic (exact) mass is 655 g/mol. The Bertz CT molecular complexity index is 1870. The number of H-pyrrole nitrogens is 1. The number of nitrogens with one attached hydrogen (secondary N) is 1. The lowest BCUT2D eigenvalue weighted by molar-refractivity contribution is -0.189. The first-order valence-corrected chi connectivity index (χ1v) is 14.9. The van der Waals surface area contributed by atoms with Crippen molar-refractivity contribution >= 4 is 22.9 Å². The summed E-state index contributed by atoms with van der Waals surface area (Å²) in [6.45, 7) is 9.84. The average Bonchev–Trinajstić information content (AvgIpc) is 3.38. The van der Waals surface area contributed by atoms with E-state index in [-0.39, 0.29) is 30.9 Å². The quantitative estimate of drug-likeness (QED) is 0.123. The highest BCUT2D eigenvalue weighted by molar-refractivity contribution is 5.83. The molecule has 2 N–H and O–H groups in total. The van der Waals surface area contributed by atoms with Crippen LogP contribution in [0.15, 0.2) is 54.4 Å². The highest BCUT2D eigenvalue weighted by Crippen LogP contribution is 2.46. The Labute approximate surface area is 267 Å². The molecule has 2 aliphatic heterocycles. The molecule has 16 nitrogen and oxygen atoms in total. The van der Waals surface area contributed by atoms with Gasteiger partial charge in [-0.05, 0) is 50.4 Å². The smallest absolute Gasteiger partial charge is 0.336 e. The molecule has 4 heterocycles. The van der Waals surface area contributed by atoms with Crippen LogP contribution in [0.5, 0.6) is 5.75 Å². The van der Waals surface area contributed by atoms with Crippen LogP contribution in [0.25, 0.3) is 21.4 Å². The van der Waals surface area contributed by atoms with E-state index in [9.17, 15) is 24.0 Å². The number of hydrogen-bond donors (Lipinski definition) is 2. The van der Waals surface area contributed by atoms with Crippen LogP contribution in [0, 0.1) is 12.8 Å². The van der Waals surface area contributed by atoms with Crippen LogP contribution in [-0.2, 0) is 23.8 Å². The number of rotatable bonds is 7. The van der Waals surface area contributed by atoms with Crippen molar-refractivity contribution in [2.45, 2.75) is 90.6 Å². The Morgan fingerprint density at radius 2 is 1.89 bits per heavy atom. The van der Waals surface area contributed by atoms with Gasteiger partial charge in [0.25, 0.3) is 5.56 Å². The Hall–Kier alpha value is -4.92. The van der Waals surface area contributed by atoms with Crippen LogP contribution in [0.4, 0.5) is 0 Å². The molecule has 0 bridgehead atoms. The van der Waals surface area contributed by atoms with Crippen molar-refractivity contribution < 1.29 is 38.1 Å². The van der Waals surface area contributed by atoms with Crippen molar-refractivity contribution in [2.24, 2.45) is 11.0 Å². The van der Waals surface area contributed by atoms with Gasteiger partial charge in [-0.1, -0.05) is 19.0 Å². The summed E-state index contributed by atoms with van der Waals surface area (Å²) in [6.07, 6.45) is -1.35. The lowest BCUT2D eigenvalue weighted by atomic mass is 9.87. The van der Waals surface area contributed by atoms with E-state index in [4.69, 9.17) is 34.0 Å². The molecule has 16 heteroatoms. The fourth-order valence-corrected chi connectivity index (χ4v) is 5.42. The van der Waals surface area contributed by atoms with Gasteiger partial charge in [0.15, 0.2) is 12.2 Å². The molecular weight excluding hydrogens is 618 g/mol. The number of benzene rings is 1. The Balaban J connectivity index is 0.000000229. The maximum atomic E-state index is 12.5. The standard InChI is InChI=1S/C21H24O7.C10H13N5O4/c1-11(2)10-16(24)27-19-17-14(28-21(4,5)20(19)25-12(3)22)8-6-13-7-9-15(23)26-18(13)17;1-5-3-15(10(18)12-9(5)17)8-2-6(13-14-11)7(4-16)19-8/h6-9,11,19-20H,10H2,1-5H3;3,6-8,16H,2,4H2,1H3,(H,12,17,18)/t19-,20-;6-,7+,8+/m10/s1. The van der Waals surface area contributed by atoms with Crippen LogP contribution in [0.2, 0.25) is 0 Å². The van der Waals surface area contributed by atoms with Gasteiger partial charge in [0, 0.05) is 47.9 Å². The highest BCUT2D eigenvalue weighted by Gasteiger charge is 2.50. The lowest BCUT2D eigenvalue weighted by Gasteiger charge is -2.43. The number of aromatic nitrogens is 2. The predicted octanol–water partition coefficient (Wildman–Crippen LogP) is 3.33. The molecular formula is C31H37N5O11. The number of aromatic amines is 1. The van der Waals surface area contributed by atoms with Gasteiger partial charge in [0.05, 0.1) is 24.3 Å². The molecule has 0 aliphatic carbocycles. The minimum atomic E-state index is -0.969. The largest absolute Gasteiger partial charge is 0.483 e. The molecule has 5 atom stereocenters. The number of hydrogen-bond acceptors (Lipinski definition) is 12. The first-order chi connectivity index (χ1) is 22.1. The van der Waals surface area contributed by atoms with E-state index in [1.165, 1.54) is 23.8 Å². The topological polar surface area (TPSA) is 225 Å². The molecule has 0 radical (unpaired) electrons. The number of carbonyl (C=O) groups is 2. The molecule has 1 saturated heterocycles. The van der Waals surface area contributed by atoms with Gasteiger partial charge >= 0.3 is 23.3 Å². The summed E-state index contributed by atoms with van der Waals surface area (Å²) >= 11 is 0. The fourth-order valence-electron chi connectivity index (χ4n) is 5.42. The van der Waals surface area contributed by atoms with Crippen LogP contribution in [-0.4, -0.2) is 57.1 Å². The molecule has 0 amide bonds. The van der Waals surface area contributed by atoms with Crippen molar-refractivity contribution in [1.82, 2.24) is 9.55 Å². The number of aryl methyl sites for hydroxylation is 1. The predicted molar refractivity (Wildman–Crippen MR) is 166 cm³/mol. The van der Waals surface area contributed by atoms with Gasteiger partial charge in [-0.2, -0.15) is 0 Å². The van der Waals surface area contributed by atoms with Crippen molar-refractivity contribution in [2.75, 3.05) is 6.61 Å². The first-order valence-electron chi connectivity index (χ1n) is 14.9. The molecule has 2 aliphatic rings. The van der Waals surface area contributed by atoms with Crippen LogP contribution in [0.3, 0.4) is 0 Å². The van der Waals surface area contributed by atoms with E-state index in [1.54, 1.807) is 39.0 Å². The Morgan fingerprint density at radius 3 is 2.53 bits per heavy atom. The van der Waals surface area contributed by atoms with Crippen molar-refractivity contribution in [1.29, 1.82) is 0 Å². The Kier molecular flexibility index (Phi) is 10.6. The second-order valence-electron chi connectivity index (χ2n) is 12.2. The molecule has 0 spiro atoms. The summed E-state index contributed by atoms with van der Waals surface area (Å²) in [7, 11) is 0. The zero-order valence-corrected chi connectivity index (χ0v) is 26.8. The summed E-state index contributed by atoms with van der Waals surface area (Å²) in [6, 6.07) is 5.87. The van der Waals surface area contributed by atoms with Crippen molar-refractivity contribution in [3.63, 3.8) is 0 Å². The van der Waals surface area contributed by atoms with Gasteiger partial charge in [-0.25, -0.2) is 9.59 Å². The lowest BCUT2D eigenvalue weighted by Crippen LogP contribution is -2.52. The molecule has 5 rings (SSSR count). The van der Waals surface area contributed by atoms with E-state index in [1.807, 2.05) is 13.8 Å². The van der Waals surface area contributed by atoms with E-state index < -0.39 is 65.0 Å². The molecule has 1 aromatic carbocycles. The van der Waals surface area contributed by atoms with Crippen LogP contribution in [0.1, 0.15) is 70.9 Å². The number of esters is 2. The summed E-state index contributed by atoms with van der Waals surface area (Å²) in [5.74, 6) is -0.456. The zero-order valence-electron chi connectivity index (χ0n) is 26.8. The number of nitrogens with zero attached hydrogens (tertiary/aromatic N) is 4. The average molecular weight is 656 g/mol. The second kappa shape index (κ2) is 14.2. The minimum Gasteiger partial charge on any atom is -0.483 e. The normalized spacial score (nSPS) is 22.7. The van der Waals surface area contributed by atoms with Crippen LogP contribution < -0.4 is 21.6 Å². The van der Waals surface area contributed by atoms with Crippen LogP contribution >= 0.6 is 0 Å². The van der Waals surface area contributed by atoms with Gasteiger partial charge < -0.3 is 28.5 Å². The molecule has 252 valence electrons. The van der Waals surface area contributed by atoms with E-state index in [0.29, 0.717) is 22.3 Å². The first kappa shape index (κ1) is 34.9. The van der Waals surface area contributed by atoms with E-state index in [2.05, 4.69) is 15.0 Å². The van der Waals surface area contributed by atoms with Gasteiger partial charge in [-0.15, -0.1) is 0 Å². The maximum absolute atomic E-state index is 12.5. The summed E-state index contributed by atoms with van der Waals surface area (Å²) in [5.41, 5.74) is 6.88. The number of fused-ring (bicyclic) bond motifs is 3. The molecule has 0 unspecified atom stereocenters. The zero-order chi connectivity index (χ0) is 34.6. The van der Waals surface area contributed by atoms with E-state index in [0.717, 1.165) is 0 Å². The molecule has 2 aromatic heterocycles. The third-order valence-corrected chi connectivity index (χ3v) is 7.57. The molecule has 1 fully saturated rings. The summed E-state index contributed by atoms with van der Waals surface area (Å²) in [4.78, 5) is 63.9. The van der Waals surface area contributed by atoms with Gasteiger partial charge in [0.1, 0.15) is 23.2 Å². The number of ether oxygens (including phenoxy) is 4. The number of carbonyl (C=O) groups excluding carboxylic acids is 2. The third-order valence-electron chi connectivity index (χ3n) is 7.57. The van der Waals surface area contributed by atoms with Crippen molar-refractivity contribution in [3.8, 4) is 5.75 Å². The van der Waals surface area contributed by atoms with Gasteiger partial charge in [0.2, 0.25) is 0 Å². The number of aliphatic hydroxyl groups is 1. The van der Waals surface area contributed by atoms with Crippen molar-refractivity contribution in [3.05, 3.63) is 83.3 Å². The molecule has 0 saturated carbocycles. The second-order valence-corrected chi connectivity index (χ2v) is 12.2. The highest BCUT2D eigenvalue weighted by atomic mass is 16.6. The maximum Gasteiger partial charge on any atom is 0.336 e. The molecule has 47 heavy (non-hydrogen) atoms. The summed E-state index contributed by atoms with van der Waals surface area (Å²) in [5, 5.41) is 13.3. The SMILES string of the molecule is CC(=O)O[C@@H]1[C@H](OC(=O)CC(C)C)c2c(ccc3ccc(=O)oc23)OC1(C)C.Cc1cn([C@H]2C[C@H](N=[N+]=[N-])[C@@H](CO)O2)c(=O)[nH]c1=O. The van der Waals surface area contributed by atoms with Gasteiger partial charge in [-0.3, -0.25) is 23.9 Å². The Morgan fingerprint density at radius 1 is 1.19 bits per heavy atom. The minimum absolute atomic E-state index is 0.0949. The van der Waals surface area contributed by atoms with E-state index >= 15 is 0 Å². The molecule has 3 aromatic rings. The fraction of sp³-hybridized carbons (Fsp3) is 0.516. The summed E-state index contributed by atoms with van der Waals surface area (Å²) < 4.78 is 29.4. The number of azide groups is 1.